The first-order chi connectivity index (χ1) is 7.54. The summed E-state index contributed by atoms with van der Waals surface area (Å²) in [7, 11) is 0. The molecule has 0 fully saturated rings. The van der Waals surface area contributed by atoms with Gasteiger partial charge in [-0.15, -0.1) is 22.9 Å². The molecule has 0 aliphatic heterocycles. The van der Waals surface area contributed by atoms with E-state index in [0.29, 0.717) is 6.54 Å². The fourth-order valence-electron chi connectivity index (χ4n) is 1.39. The second-order valence-electron chi connectivity index (χ2n) is 3.95. The molecule has 0 saturated carbocycles. The monoisotopic (exact) mass is 259 g/mol. The standard InChI is InChI=1S/C12H18ClNOS/c1-4-5-10(13)7-14-12(15)11-6-8(2)9(3)16-11/h6,10H,4-5,7H2,1-3H3,(H,14,15). The number of nitrogens with one attached hydrogen (secondary N) is 1. The molecule has 1 amide bonds. The third kappa shape index (κ3) is 3.80. The van der Waals surface area contributed by atoms with Crippen molar-refractivity contribution < 1.29 is 4.79 Å². The van der Waals surface area contributed by atoms with Crippen molar-refractivity contribution in [2.75, 3.05) is 6.54 Å². The lowest BCUT2D eigenvalue weighted by Gasteiger charge is -2.08. The zero-order valence-corrected chi connectivity index (χ0v) is 11.5. The van der Waals surface area contributed by atoms with E-state index in [0.717, 1.165) is 17.7 Å². The Morgan fingerprint density at radius 2 is 2.25 bits per heavy atom. The molecule has 0 radical (unpaired) electrons. The molecule has 1 unspecified atom stereocenters. The van der Waals surface area contributed by atoms with E-state index >= 15 is 0 Å². The maximum atomic E-state index is 11.8. The Morgan fingerprint density at radius 1 is 1.56 bits per heavy atom. The predicted molar refractivity (Wildman–Crippen MR) is 70.7 cm³/mol. The number of carbonyl (C=O) groups is 1. The molecule has 90 valence electrons. The minimum absolute atomic E-state index is 0.0112. The van der Waals surface area contributed by atoms with Crippen LogP contribution in [0.3, 0.4) is 0 Å². The molecule has 0 aliphatic rings. The van der Waals surface area contributed by atoms with Crippen LogP contribution in [0.15, 0.2) is 6.07 Å². The van der Waals surface area contributed by atoms with Crippen molar-refractivity contribution in [3.8, 4) is 0 Å². The summed E-state index contributed by atoms with van der Waals surface area (Å²) in [5, 5.41) is 2.90. The molecule has 1 heterocycles. The van der Waals surface area contributed by atoms with E-state index in [1.54, 1.807) is 0 Å². The second-order valence-corrected chi connectivity index (χ2v) is 5.82. The molecule has 0 spiro atoms. The van der Waals surface area contributed by atoms with E-state index in [4.69, 9.17) is 11.6 Å². The molecule has 1 rings (SSSR count). The van der Waals surface area contributed by atoms with Crippen LogP contribution >= 0.6 is 22.9 Å². The summed E-state index contributed by atoms with van der Waals surface area (Å²) in [6.45, 7) is 6.68. The molecule has 4 heteroatoms. The van der Waals surface area contributed by atoms with Gasteiger partial charge in [0.05, 0.1) is 10.3 Å². The van der Waals surface area contributed by atoms with Crippen molar-refractivity contribution in [1.29, 1.82) is 0 Å². The fourth-order valence-corrected chi connectivity index (χ4v) is 2.64. The van der Waals surface area contributed by atoms with Gasteiger partial charge in [-0.2, -0.15) is 0 Å². The van der Waals surface area contributed by atoms with Gasteiger partial charge in [-0.25, -0.2) is 0 Å². The number of rotatable bonds is 5. The van der Waals surface area contributed by atoms with Crippen LogP contribution in [0.5, 0.6) is 0 Å². The van der Waals surface area contributed by atoms with Gasteiger partial charge in [-0.05, 0) is 31.9 Å². The maximum absolute atomic E-state index is 11.8. The number of hydrogen-bond donors (Lipinski definition) is 1. The zero-order valence-electron chi connectivity index (χ0n) is 9.97. The number of amides is 1. The van der Waals surface area contributed by atoms with Gasteiger partial charge in [0.15, 0.2) is 0 Å². The summed E-state index contributed by atoms with van der Waals surface area (Å²) < 4.78 is 0. The van der Waals surface area contributed by atoms with Gasteiger partial charge in [-0.1, -0.05) is 13.3 Å². The van der Waals surface area contributed by atoms with Gasteiger partial charge in [0.25, 0.3) is 5.91 Å². The van der Waals surface area contributed by atoms with Crippen LogP contribution in [-0.2, 0) is 0 Å². The first-order valence-electron chi connectivity index (χ1n) is 5.54. The Morgan fingerprint density at radius 3 is 2.75 bits per heavy atom. The summed E-state index contributed by atoms with van der Waals surface area (Å²) in [6.07, 6.45) is 1.98. The number of halogens is 1. The van der Waals surface area contributed by atoms with Gasteiger partial charge in [0.1, 0.15) is 0 Å². The van der Waals surface area contributed by atoms with Gasteiger partial charge in [0, 0.05) is 11.4 Å². The summed E-state index contributed by atoms with van der Waals surface area (Å²) >= 11 is 7.57. The SMILES string of the molecule is CCCC(Cl)CNC(=O)c1cc(C)c(C)s1. The van der Waals surface area contributed by atoms with Crippen molar-refractivity contribution in [2.24, 2.45) is 0 Å². The lowest BCUT2D eigenvalue weighted by atomic mass is 10.2. The smallest absolute Gasteiger partial charge is 0.261 e. The van der Waals surface area contributed by atoms with Crippen molar-refractivity contribution >= 4 is 28.8 Å². The average molecular weight is 260 g/mol. The lowest BCUT2D eigenvalue weighted by molar-refractivity contribution is 0.0957. The first kappa shape index (κ1) is 13.5. The molecular weight excluding hydrogens is 242 g/mol. The maximum Gasteiger partial charge on any atom is 0.261 e. The van der Waals surface area contributed by atoms with Gasteiger partial charge in [-0.3, -0.25) is 4.79 Å². The van der Waals surface area contributed by atoms with Crippen LogP contribution in [0.25, 0.3) is 0 Å². The summed E-state index contributed by atoms with van der Waals surface area (Å²) in [4.78, 5) is 13.7. The normalized spacial score (nSPS) is 12.5. The lowest BCUT2D eigenvalue weighted by Crippen LogP contribution is -2.29. The number of alkyl halides is 1. The minimum atomic E-state index is -0.0112. The van der Waals surface area contributed by atoms with Crippen LogP contribution in [0.4, 0.5) is 0 Å². The molecule has 1 aromatic heterocycles. The van der Waals surface area contributed by atoms with E-state index in [2.05, 4.69) is 12.2 Å². The molecule has 1 atom stereocenters. The van der Waals surface area contributed by atoms with Gasteiger partial charge < -0.3 is 5.32 Å². The second kappa shape index (κ2) is 6.26. The van der Waals surface area contributed by atoms with Gasteiger partial charge >= 0.3 is 0 Å². The third-order valence-corrected chi connectivity index (χ3v) is 4.00. The molecule has 0 aromatic carbocycles. The summed E-state index contributed by atoms with van der Waals surface area (Å²) in [6, 6.07) is 1.93. The molecule has 0 saturated heterocycles. The Balaban J connectivity index is 2.46. The molecule has 0 bridgehead atoms. The number of hydrogen-bond acceptors (Lipinski definition) is 2. The Hall–Kier alpha value is -0.540. The topological polar surface area (TPSA) is 29.1 Å². The van der Waals surface area contributed by atoms with Crippen molar-refractivity contribution in [1.82, 2.24) is 5.32 Å². The van der Waals surface area contributed by atoms with Crippen LogP contribution in [0, 0.1) is 13.8 Å². The fraction of sp³-hybridized carbons (Fsp3) is 0.583. The number of carbonyl (C=O) groups excluding carboxylic acids is 1. The Labute approximate surface area is 106 Å². The van der Waals surface area contributed by atoms with E-state index in [9.17, 15) is 4.79 Å². The molecule has 1 N–H and O–H groups in total. The predicted octanol–water partition coefficient (Wildman–Crippen LogP) is 3.50. The summed E-state index contributed by atoms with van der Waals surface area (Å²) in [5.41, 5.74) is 1.17. The Kier molecular flexibility index (Phi) is 5.29. The van der Waals surface area contributed by atoms with Crippen molar-refractivity contribution in [3.05, 3.63) is 21.4 Å². The van der Waals surface area contributed by atoms with E-state index in [1.807, 2.05) is 19.9 Å². The van der Waals surface area contributed by atoms with Crippen molar-refractivity contribution in [3.63, 3.8) is 0 Å². The van der Waals surface area contributed by atoms with E-state index < -0.39 is 0 Å². The quantitative estimate of drug-likeness (QED) is 0.806. The third-order valence-electron chi connectivity index (χ3n) is 2.48. The molecule has 16 heavy (non-hydrogen) atoms. The zero-order chi connectivity index (χ0) is 12.1. The minimum Gasteiger partial charge on any atom is -0.350 e. The highest BCUT2D eigenvalue weighted by Gasteiger charge is 2.11. The highest BCUT2D eigenvalue weighted by atomic mass is 35.5. The van der Waals surface area contributed by atoms with E-state index in [-0.39, 0.29) is 11.3 Å². The molecule has 2 nitrogen and oxygen atoms in total. The summed E-state index contributed by atoms with van der Waals surface area (Å²) in [5.74, 6) is -0.0112. The number of aryl methyl sites for hydroxylation is 2. The first-order valence-corrected chi connectivity index (χ1v) is 6.79. The van der Waals surface area contributed by atoms with E-state index in [1.165, 1.54) is 21.8 Å². The van der Waals surface area contributed by atoms with Crippen LogP contribution in [0.2, 0.25) is 0 Å². The highest BCUT2D eigenvalue weighted by Crippen LogP contribution is 2.20. The van der Waals surface area contributed by atoms with Crippen molar-refractivity contribution in [2.45, 2.75) is 39.0 Å². The van der Waals surface area contributed by atoms with Gasteiger partial charge in [0.2, 0.25) is 0 Å². The van der Waals surface area contributed by atoms with Crippen LogP contribution in [0.1, 0.15) is 39.9 Å². The Bertz CT molecular complexity index is 342. The number of thiophene rings is 1. The highest BCUT2D eigenvalue weighted by molar-refractivity contribution is 7.14. The average Bonchev–Trinajstić information content (AvgIpc) is 2.56. The largest absolute Gasteiger partial charge is 0.350 e. The molecular formula is C12H18ClNOS. The molecule has 1 aromatic rings. The van der Waals surface area contributed by atoms with Crippen LogP contribution in [-0.4, -0.2) is 17.8 Å². The molecule has 0 aliphatic carbocycles. The van der Waals surface area contributed by atoms with Crippen LogP contribution < -0.4 is 5.32 Å².